The zero-order valence-electron chi connectivity index (χ0n) is 14.2. The fourth-order valence-corrected chi connectivity index (χ4v) is 2.58. The van der Waals surface area contributed by atoms with Crippen molar-refractivity contribution in [3.63, 3.8) is 0 Å². The minimum atomic E-state index is -0.111. The quantitative estimate of drug-likeness (QED) is 0.392. The molecule has 0 aliphatic heterocycles. The van der Waals surface area contributed by atoms with Gasteiger partial charge in [-0.15, -0.1) is 0 Å². The zero-order chi connectivity index (χ0) is 16.2. The molecule has 0 fully saturated rings. The zero-order valence-corrected chi connectivity index (χ0v) is 14.2. The summed E-state index contributed by atoms with van der Waals surface area (Å²) in [6, 6.07) is 3.41. The monoisotopic (exact) mass is 308 g/mol. The molecular formula is C19H32O3. The van der Waals surface area contributed by atoms with Crippen LogP contribution in [0.1, 0.15) is 77.2 Å². The van der Waals surface area contributed by atoms with E-state index in [0.29, 0.717) is 12.4 Å². The number of aromatic hydroxyl groups is 2. The van der Waals surface area contributed by atoms with E-state index in [1.54, 1.807) is 6.07 Å². The molecular weight excluding hydrogens is 276 g/mol. The first-order chi connectivity index (χ1) is 10.7. The molecule has 126 valence electrons. The lowest BCUT2D eigenvalue weighted by atomic mass is 10.1. The highest BCUT2D eigenvalue weighted by atomic mass is 16.5. The van der Waals surface area contributed by atoms with Crippen molar-refractivity contribution in [2.75, 3.05) is 6.61 Å². The molecule has 0 heterocycles. The van der Waals surface area contributed by atoms with Crippen molar-refractivity contribution in [2.24, 2.45) is 0 Å². The maximum atomic E-state index is 10.0. The predicted octanol–water partition coefficient (Wildman–Crippen LogP) is 5.57. The SMILES string of the molecule is CCCCCCCCOc1c(CCCCC)ccc(O)c1O. The molecule has 1 aromatic rings. The molecule has 0 saturated carbocycles. The number of benzene rings is 1. The first kappa shape index (κ1) is 18.7. The number of aryl methyl sites for hydroxylation is 1. The minimum absolute atomic E-state index is 0.0998. The summed E-state index contributed by atoms with van der Waals surface area (Å²) in [5.74, 6) is 0.266. The van der Waals surface area contributed by atoms with Gasteiger partial charge in [-0.1, -0.05) is 64.9 Å². The molecule has 1 rings (SSSR count). The second-order valence-corrected chi connectivity index (χ2v) is 5.99. The van der Waals surface area contributed by atoms with Gasteiger partial charge < -0.3 is 14.9 Å². The lowest BCUT2D eigenvalue weighted by molar-refractivity contribution is 0.280. The summed E-state index contributed by atoms with van der Waals surface area (Å²) in [5, 5.41) is 19.7. The lowest BCUT2D eigenvalue weighted by Crippen LogP contribution is -2.01. The van der Waals surface area contributed by atoms with Gasteiger partial charge in [0.1, 0.15) is 0 Å². The Morgan fingerprint density at radius 1 is 0.818 bits per heavy atom. The van der Waals surface area contributed by atoms with Crippen molar-refractivity contribution >= 4 is 0 Å². The molecule has 2 N–H and O–H groups in total. The molecule has 0 saturated heterocycles. The highest BCUT2D eigenvalue weighted by molar-refractivity contribution is 5.54. The van der Waals surface area contributed by atoms with E-state index in [9.17, 15) is 10.2 Å². The number of hydrogen-bond donors (Lipinski definition) is 2. The summed E-state index contributed by atoms with van der Waals surface area (Å²) >= 11 is 0. The summed E-state index contributed by atoms with van der Waals surface area (Å²) in [5.41, 5.74) is 0.995. The highest BCUT2D eigenvalue weighted by Crippen LogP contribution is 2.39. The average Bonchev–Trinajstić information content (AvgIpc) is 2.52. The Hall–Kier alpha value is -1.38. The van der Waals surface area contributed by atoms with E-state index in [2.05, 4.69) is 13.8 Å². The molecule has 0 radical (unpaired) electrons. The third kappa shape index (κ3) is 6.59. The highest BCUT2D eigenvalue weighted by Gasteiger charge is 2.13. The van der Waals surface area contributed by atoms with Gasteiger partial charge in [-0.05, 0) is 30.9 Å². The fourth-order valence-electron chi connectivity index (χ4n) is 2.58. The molecule has 0 unspecified atom stereocenters. The van der Waals surface area contributed by atoms with E-state index in [1.807, 2.05) is 6.07 Å². The van der Waals surface area contributed by atoms with E-state index in [4.69, 9.17) is 4.74 Å². The number of hydrogen-bond acceptors (Lipinski definition) is 3. The van der Waals surface area contributed by atoms with Crippen LogP contribution in [0.2, 0.25) is 0 Å². The van der Waals surface area contributed by atoms with Crippen LogP contribution < -0.4 is 4.74 Å². The number of phenols is 2. The lowest BCUT2D eigenvalue weighted by Gasteiger charge is -2.14. The Kier molecular flexibility index (Phi) is 9.52. The van der Waals surface area contributed by atoms with Crippen LogP contribution in [0, 0.1) is 0 Å². The summed E-state index contributed by atoms with van der Waals surface area (Å²) in [4.78, 5) is 0. The minimum Gasteiger partial charge on any atom is -0.504 e. The van der Waals surface area contributed by atoms with Crippen molar-refractivity contribution in [3.8, 4) is 17.2 Å². The van der Waals surface area contributed by atoms with Gasteiger partial charge in [0, 0.05) is 0 Å². The van der Waals surface area contributed by atoms with Crippen LogP contribution >= 0.6 is 0 Å². The molecule has 3 heteroatoms. The summed E-state index contributed by atoms with van der Waals surface area (Å²) in [7, 11) is 0. The van der Waals surface area contributed by atoms with Crippen molar-refractivity contribution in [1.82, 2.24) is 0 Å². The molecule has 0 aromatic heterocycles. The summed E-state index contributed by atoms with van der Waals surface area (Å²) < 4.78 is 5.78. The molecule has 22 heavy (non-hydrogen) atoms. The van der Waals surface area contributed by atoms with Gasteiger partial charge in [-0.2, -0.15) is 0 Å². The third-order valence-electron chi connectivity index (χ3n) is 3.99. The Morgan fingerprint density at radius 3 is 2.18 bits per heavy atom. The maximum Gasteiger partial charge on any atom is 0.200 e. The van der Waals surface area contributed by atoms with Gasteiger partial charge in [0.05, 0.1) is 6.61 Å². The van der Waals surface area contributed by atoms with Crippen molar-refractivity contribution in [3.05, 3.63) is 17.7 Å². The van der Waals surface area contributed by atoms with Gasteiger partial charge in [0.15, 0.2) is 11.5 Å². The maximum absolute atomic E-state index is 10.0. The second kappa shape index (κ2) is 11.2. The fraction of sp³-hybridized carbons (Fsp3) is 0.684. The first-order valence-electron chi connectivity index (χ1n) is 8.87. The standard InChI is InChI=1S/C19H32O3/c1-3-5-7-8-9-11-15-22-19-16(12-10-6-4-2)13-14-17(20)18(19)21/h13-14,20-21H,3-12,15H2,1-2H3. The summed E-state index contributed by atoms with van der Waals surface area (Å²) in [6.45, 7) is 4.99. The van der Waals surface area contributed by atoms with Gasteiger partial charge in [-0.25, -0.2) is 0 Å². The molecule has 0 aliphatic rings. The van der Waals surface area contributed by atoms with Crippen molar-refractivity contribution in [1.29, 1.82) is 0 Å². The van der Waals surface area contributed by atoms with Gasteiger partial charge in [-0.3, -0.25) is 0 Å². The van der Waals surface area contributed by atoms with Gasteiger partial charge in [0.2, 0.25) is 5.75 Å². The Bertz CT molecular complexity index is 415. The molecule has 0 atom stereocenters. The molecule has 0 amide bonds. The first-order valence-corrected chi connectivity index (χ1v) is 8.87. The Labute approximate surface area is 135 Å². The number of rotatable bonds is 12. The van der Waals surface area contributed by atoms with E-state index in [0.717, 1.165) is 37.7 Å². The average molecular weight is 308 g/mol. The topological polar surface area (TPSA) is 49.7 Å². The normalized spacial score (nSPS) is 10.8. The van der Waals surface area contributed by atoms with Crippen LogP contribution in [-0.4, -0.2) is 16.8 Å². The van der Waals surface area contributed by atoms with Crippen LogP contribution in [-0.2, 0) is 6.42 Å². The number of phenolic OH excluding ortho intramolecular Hbond substituents is 2. The largest absolute Gasteiger partial charge is 0.504 e. The predicted molar refractivity (Wildman–Crippen MR) is 91.9 cm³/mol. The number of ether oxygens (including phenoxy) is 1. The van der Waals surface area contributed by atoms with Crippen LogP contribution in [0.5, 0.6) is 17.2 Å². The third-order valence-corrected chi connectivity index (χ3v) is 3.99. The molecule has 3 nitrogen and oxygen atoms in total. The van der Waals surface area contributed by atoms with E-state index in [-0.39, 0.29) is 11.5 Å². The smallest absolute Gasteiger partial charge is 0.200 e. The van der Waals surface area contributed by atoms with Crippen LogP contribution in [0.25, 0.3) is 0 Å². The molecule has 0 spiro atoms. The van der Waals surface area contributed by atoms with E-state index >= 15 is 0 Å². The van der Waals surface area contributed by atoms with Gasteiger partial charge in [0.25, 0.3) is 0 Å². The van der Waals surface area contributed by atoms with Crippen molar-refractivity contribution in [2.45, 2.75) is 78.1 Å². The molecule has 0 bridgehead atoms. The Balaban J connectivity index is 2.46. The van der Waals surface area contributed by atoms with Crippen LogP contribution in [0.15, 0.2) is 12.1 Å². The molecule has 0 aliphatic carbocycles. The Morgan fingerprint density at radius 2 is 1.45 bits per heavy atom. The van der Waals surface area contributed by atoms with E-state index in [1.165, 1.54) is 32.1 Å². The van der Waals surface area contributed by atoms with Crippen molar-refractivity contribution < 1.29 is 14.9 Å². The van der Waals surface area contributed by atoms with Crippen LogP contribution in [0.4, 0.5) is 0 Å². The second-order valence-electron chi connectivity index (χ2n) is 5.99. The van der Waals surface area contributed by atoms with E-state index < -0.39 is 0 Å². The number of unbranched alkanes of at least 4 members (excludes halogenated alkanes) is 7. The van der Waals surface area contributed by atoms with Crippen LogP contribution in [0.3, 0.4) is 0 Å². The summed E-state index contributed by atoms with van der Waals surface area (Å²) in [6.07, 6.45) is 11.5. The molecule has 1 aromatic carbocycles. The van der Waals surface area contributed by atoms with Gasteiger partial charge >= 0.3 is 0 Å².